The standard InChI is InChI=1S/C21H12ClF2NO2/c22-17-10-14(24)5-7-15(17)20(26)21-19(25)16-6-4-12(9-18(16)27-21)11-2-1-3-13(23)8-11/h1-10H,25H2. The number of rotatable bonds is 3. The Hall–Kier alpha value is -3.18. The summed E-state index contributed by atoms with van der Waals surface area (Å²) in [5.74, 6) is -1.52. The van der Waals surface area contributed by atoms with Crippen molar-refractivity contribution in [1.29, 1.82) is 0 Å². The fraction of sp³-hybridized carbons (Fsp3) is 0. The van der Waals surface area contributed by atoms with E-state index in [9.17, 15) is 13.6 Å². The van der Waals surface area contributed by atoms with Crippen LogP contribution in [0.2, 0.25) is 5.02 Å². The molecular weight excluding hydrogens is 372 g/mol. The van der Waals surface area contributed by atoms with Crippen LogP contribution in [0.25, 0.3) is 22.1 Å². The van der Waals surface area contributed by atoms with E-state index in [-0.39, 0.29) is 27.9 Å². The topological polar surface area (TPSA) is 56.2 Å². The number of benzene rings is 3. The Balaban J connectivity index is 1.81. The first-order valence-corrected chi connectivity index (χ1v) is 8.39. The second-order valence-corrected chi connectivity index (χ2v) is 6.43. The van der Waals surface area contributed by atoms with Gasteiger partial charge >= 0.3 is 0 Å². The Labute approximate surface area is 158 Å². The molecule has 0 spiro atoms. The van der Waals surface area contributed by atoms with E-state index in [0.29, 0.717) is 16.5 Å². The van der Waals surface area contributed by atoms with Crippen molar-refractivity contribution >= 4 is 34.0 Å². The zero-order valence-corrected chi connectivity index (χ0v) is 14.6. The lowest BCUT2D eigenvalue weighted by Gasteiger charge is -2.02. The van der Waals surface area contributed by atoms with Gasteiger partial charge in [0.1, 0.15) is 17.2 Å². The first kappa shape index (κ1) is 17.2. The lowest BCUT2D eigenvalue weighted by Crippen LogP contribution is -2.04. The van der Waals surface area contributed by atoms with Crippen LogP contribution < -0.4 is 5.73 Å². The van der Waals surface area contributed by atoms with E-state index >= 15 is 0 Å². The number of nitrogen functional groups attached to an aromatic ring is 1. The molecule has 4 rings (SSSR count). The third-order valence-electron chi connectivity index (χ3n) is 4.27. The van der Waals surface area contributed by atoms with Crippen molar-refractivity contribution in [2.24, 2.45) is 0 Å². The van der Waals surface area contributed by atoms with Gasteiger partial charge < -0.3 is 10.2 Å². The number of hydrogen-bond donors (Lipinski definition) is 1. The molecule has 4 aromatic rings. The molecule has 3 nitrogen and oxygen atoms in total. The molecule has 0 bridgehead atoms. The minimum Gasteiger partial charge on any atom is -0.450 e. The number of furan rings is 1. The van der Waals surface area contributed by atoms with E-state index in [1.54, 1.807) is 30.3 Å². The van der Waals surface area contributed by atoms with Crippen LogP contribution in [0, 0.1) is 11.6 Å². The molecule has 3 aromatic carbocycles. The van der Waals surface area contributed by atoms with Crippen LogP contribution in [-0.4, -0.2) is 5.78 Å². The fourth-order valence-corrected chi connectivity index (χ4v) is 3.18. The Bertz CT molecular complexity index is 1200. The third kappa shape index (κ3) is 3.06. The maximum absolute atomic E-state index is 13.5. The Kier molecular flexibility index (Phi) is 4.16. The predicted octanol–water partition coefficient (Wildman–Crippen LogP) is 5.84. The molecule has 27 heavy (non-hydrogen) atoms. The molecular formula is C21H12ClF2NO2. The summed E-state index contributed by atoms with van der Waals surface area (Å²) in [6.45, 7) is 0. The van der Waals surface area contributed by atoms with E-state index in [0.717, 1.165) is 17.7 Å². The van der Waals surface area contributed by atoms with Gasteiger partial charge in [-0.2, -0.15) is 0 Å². The molecule has 1 heterocycles. The van der Waals surface area contributed by atoms with Crippen LogP contribution >= 0.6 is 11.6 Å². The van der Waals surface area contributed by atoms with Gasteiger partial charge in [-0.3, -0.25) is 4.79 Å². The monoisotopic (exact) mass is 383 g/mol. The van der Waals surface area contributed by atoms with E-state index in [2.05, 4.69) is 0 Å². The van der Waals surface area contributed by atoms with Crippen molar-refractivity contribution in [3.8, 4) is 11.1 Å². The zero-order chi connectivity index (χ0) is 19.1. The number of anilines is 1. The molecule has 0 saturated heterocycles. The molecule has 0 unspecified atom stereocenters. The molecule has 0 fully saturated rings. The van der Waals surface area contributed by atoms with Crippen molar-refractivity contribution < 1.29 is 18.0 Å². The van der Waals surface area contributed by atoms with E-state index in [1.807, 2.05) is 0 Å². The zero-order valence-electron chi connectivity index (χ0n) is 13.8. The van der Waals surface area contributed by atoms with Crippen molar-refractivity contribution in [2.45, 2.75) is 0 Å². The molecule has 1 aromatic heterocycles. The number of carbonyl (C=O) groups is 1. The summed E-state index contributed by atoms with van der Waals surface area (Å²) in [6, 6.07) is 14.8. The molecule has 0 atom stereocenters. The van der Waals surface area contributed by atoms with Crippen LogP contribution in [0.4, 0.5) is 14.5 Å². The Morgan fingerprint density at radius 1 is 0.926 bits per heavy atom. The first-order valence-electron chi connectivity index (χ1n) is 8.02. The van der Waals surface area contributed by atoms with Crippen molar-refractivity contribution in [3.63, 3.8) is 0 Å². The van der Waals surface area contributed by atoms with Gasteiger partial charge in [0.15, 0.2) is 5.76 Å². The largest absolute Gasteiger partial charge is 0.450 e. The fourth-order valence-electron chi connectivity index (χ4n) is 2.93. The van der Waals surface area contributed by atoms with Crippen LogP contribution in [0.3, 0.4) is 0 Å². The predicted molar refractivity (Wildman–Crippen MR) is 101 cm³/mol. The average molecular weight is 384 g/mol. The summed E-state index contributed by atoms with van der Waals surface area (Å²) in [5, 5.41) is 0.525. The Morgan fingerprint density at radius 3 is 2.41 bits per heavy atom. The number of halogens is 3. The van der Waals surface area contributed by atoms with Crippen LogP contribution in [0.1, 0.15) is 16.1 Å². The molecule has 0 radical (unpaired) electrons. The highest BCUT2D eigenvalue weighted by molar-refractivity contribution is 6.35. The highest BCUT2D eigenvalue weighted by atomic mass is 35.5. The summed E-state index contributed by atoms with van der Waals surface area (Å²) in [4.78, 5) is 12.7. The van der Waals surface area contributed by atoms with Crippen molar-refractivity contribution in [1.82, 2.24) is 0 Å². The molecule has 0 saturated carbocycles. The molecule has 134 valence electrons. The van der Waals surface area contributed by atoms with Gasteiger partial charge in [0.05, 0.1) is 10.7 Å². The summed E-state index contributed by atoms with van der Waals surface area (Å²) in [5.41, 5.74) is 8.11. The highest BCUT2D eigenvalue weighted by Crippen LogP contribution is 2.34. The summed E-state index contributed by atoms with van der Waals surface area (Å²) < 4.78 is 32.4. The minimum absolute atomic E-state index is 0.0275. The van der Waals surface area contributed by atoms with Crippen LogP contribution in [0.5, 0.6) is 0 Å². The maximum Gasteiger partial charge on any atom is 0.231 e. The Morgan fingerprint density at radius 2 is 1.67 bits per heavy atom. The molecule has 0 amide bonds. The quantitative estimate of drug-likeness (QED) is 0.452. The second-order valence-electron chi connectivity index (χ2n) is 6.02. The summed E-state index contributed by atoms with van der Waals surface area (Å²) >= 11 is 5.97. The molecule has 0 aliphatic carbocycles. The minimum atomic E-state index is -0.547. The second kappa shape index (κ2) is 6.52. The van der Waals surface area contributed by atoms with E-state index in [4.69, 9.17) is 21.8 Å². The molecule has 6 heteroatoms. The third-order valence-corrected chi connectivity index (χ3v) is 4.58. The van der Waals surface area contributed by atoms with Gasteiger partial charge in [0, 0.05) is 10.9 Å². The summed E-state index contributed by atoms with van der Waals surface area (Å²) in [6.07, 6.45) is 0. The number of fused-ring (bicyclic) bond motifs is 1. The normalized spacial score (nSPS) is 11.1. The smallest absolute Gasteiger partial charge is 0.231 e. The maximum atomic E-state index is 13.5. The average Bonchev–Trinajstić information content (AvgIpc) is 2.97. The lowest BCUT2D eigenvalue weighted by atomic mass is 10.0. The number of nitrogens with two attached hydrogens (primary N) is 1. The van der Waals surface area contributed by atoms with E-state index in [1.165, 1.54) is 18.2 Å². The van der Waals surface area contributed by atoms with Gasteiger partial charge in [-0.05, 0) is 53.6 Å². The van der Waals surface area contributed by atoms with Gasteiger partial charge in [0.2, 0.25) is 5.78 Å². The SMILES string of the molecule is Nc1c(C(=O)c2ccc(F)cc2Cl)oc2cc(-c3cccc(F)c3)ccc12. The summed E-state index contributed by atoms with van der Waals surface area (Å²) in [7, 11) is 0. The first-order chi connectivity index (χ1) is 12.9. The molecule has 0 aliphatic rings. The van der Waals surface area contributed by atoms with Gasteiger partial charge in [0.25, 0.3) is 0 Å². The van der Waals surface area contributed by atoms with E-state index < -0.39 is 11.6 Å². The molecule has 0 aliphatic heterocycles. The van der Waals surface area contributed by atoms with Crippen LogP contribution in [-0.2, 0) is 0 Å². The van der Waals surface area contributed by atoms with Crippen molar-refractivity contribution in [2.75, 3.05) is 5.73 Å². The lowest BCUT2D eigenvalue weighted by molar-refractivity contribution is 0.101. The molecule has 2 N–H and O–H groups in total. The highest BCUT2D eigenvalue weighted by Gasteiger charge is 2.22. The number of carbonyl (C=O) groups excluding carboxylic acids is 1. The van der Waals surface area contributed by atoms with Crippen LogP contribution in [0.15, 0.2) is 65.1 Å². The number of hydrogen-bond acceptors (Lipinski definition) is 3. The van der Waals surface area contributed by atoms with Gasteiger partial charge in [-0.15, -0.1) is 0 Å². The van der Waals surface area contributed by atoms with Crippen molar-refractivity contribution in [3.05, 3.63) is 88.6 Å². The van der Waals surface area contributed by atoms with Gasteiger partial charge in [-0.1, -0.05) is 29.8 Å². The van der Waals surface area contributed by atoms with Gasteiger partial charge in [-0.25, -0.2) is 8.78 Å². The number of ketones is 1.